The summed E-state index contributed by atoms with van der Waals surface area (Å²) in [5, 5.41) is 2.94. The average molecular weight is 701 g/mol. The summed E-state index contributed by atoms with van der Waals surface area (Å²) in [4.78, 5) is 45.8. The van der Waals surface area contributed by atoms with Crippen LogP contribution in [0.4, 0.5) is 9.18 Å². The maximum atomic E-state index is 14.7. The third-order valence-electron chi connectivity index (χ3n) is 8.93. The molecule has 2 atom stereocenters. The topological polar surface area (TPSA) is 112 Å². The number of likely N-dealkylation sites (tertiary alicyclic amines) is 1. The van der Waals surface area contributed by atoms with Crippen molar-refractivity contribution < 1.29 is 33.0 Å². The number of carbonyl (C=O) groups is 3. The van der Waals surface area contributed by atoms with Gasteiger partial charge < -0.3 is 29.0 Å². The molecule has 1 aromatic heterocycles. The first-order valence-corrected chi connectivity index (χ1v) is 17.7. The van der Waals surface area contributed by atoms with Crippen LogP contribution in [0.1, 0.15) is 81.0 Å². The molecule has 0 spiro atoms. The minimum Gasteiger partial charge on any atom is -0.462 e. The summed E-state index contributed by atoms with van der Waals surface area (Å²) in [6, 6.07) is 19.5. The van der Waals surface area contributed by atoms with E-state index in [2.05, 4.69) is 16.0 Å². The van der Waals surface area contributed by atoms with Crippen LogP contribution in [0.25, 0.3) is 22.2 Å². The maximum absolute atomic E-state index is 14.7. The average Bonchev–Trinajstić information content (AvgIpc) is 3.46. The lowest BCUT2D eigenvalue weighted by molar-refractivity contribution is -0.133. The number of aromatic nitrogens is 2. The third kappa shape index (κ3) is 9.94. The Morgan fingerprint density at radius 2 is 1.78 bits per heavy atom. The van der Waals surface area contributed by atoms with Crippen LogP contribution in [0.15, 0.2) is 66.7 Å². The second-order valence-electron chi connectivity index (χ2n) is 14.0. The van der Waals surface area contributed by atoms with Gasteiger partial charge in [0.25, 0.3) is 0 Å². The molecule has 4 aromatic rings. The number of amides is 2. The lowest BCUT2D eigenvalue weighted by Gasteiger charge is -2.34. The molecule has 51 heavy (non-hydrogen) atoms. The zero-order valence-corrected chi connectivity index (χ0v) is 30.2. The molecule has 3 aromatic carbocycles. The van der Waals surface area contributed by atoms with E-state index in [1.165, 1.54) is 12.1 Å². The first kappa shape index (κ1) is 37.5. The molecule has 272 valence electrons. The number of rotatable bonds is 13. The number of halogens is 1. The highest BCUT2D eigenvalue weighted by molar-refractivity contribution is 5.90. The lowest BCUT2D eigenvalue weighted by Crippen LogP contribution is -2.46. The fourth-order valence-electron chi connectivity index (χ4n) is 6.60. The molecule has 0 bridgehead atoms. The van der Waals surface area contributed by atoms with Crippen LogP contribution in [-0.4, -0.2) is 77.5 Å². The molecule has 1 fully saturated rings. The summed E-state index contributed by atoms with van der Waals surface area (Å²) >= 11 is 0. The van der Waals surface area contributed by atoms with Crippen LogP contribution < -0.4 is 5.32 Å². The fourth-order valence-corrected chi connectivity index (χ4v) is 6.60. The van der Waals surface area contributed by atoms with Gasteiger partial charge in [-0.2, -0.15) is 0 Å². The van der Waals surface area contributed by atoms with Crippen molar-refractivity contribution in [2.24, 2.45) is 0 Å². The number of benzene rings is 3. The molecular formula is C40H49FN4O6. The molecule has 0 aliphatic carbocycles. The molecule has 2 amide bonds. The zero-order valence-electron chi connectivity index (χ0n) is 30.2. The van der Waals surface area contributed by atoms with Crippen LogP contribution in [0.5, 0.6) is 0 Å². The number of hydrogen-bond acceptors (Lipinski definition) is 7. The highest BCUT2D eigenvalue weighted by atomic mass is 19.1. The van der Waals surface area contributed by atoms with E-state index < -0.39 is 29.5 Å². The quantitative estimate of drug-likeness (QED) is 0.115. The Balaban J connectivity index is 1.30. The first-order valence-electron chi connectivity index (χ1n) is 17.7. The van der Waals surface area contributed by atoms with E-state index in [-0.39, 0.29) is 30.4 Å². The molecule has 2 heterocycles. The number of esters is 1. The molecule has 0 saturated carbocycles. The Morgan fingerprint density at radius 1 is 1.04 bits per heavy atom. The number of ether oxygens (including phenoxy) is 3. The minimum atomic E-state index is -0.701. The van der Waals surface area contributed by atoms with Crippen LogP contribution in [0.2, 0.25) is 0 Å². The molecule has 1 aliphatic rings. The third-order valence-corrected chi connectivity index (χ3v) is 8.93. The van der Waals surface area contributed by atoms with Crippen molar-refractivity contribution in [2.45, 2.75) is 83.9 Å². The number of hydrogen-bond donors (Lipinski definition) is 1. The Labute approximate surface area is 299 Å². The van der Waals surface area contributed by atoms with E-state index in [0.29, 0.717) is 31.7 Å². The van der Waals surface area contributed by atoms with Crippen molar-refractivity contribution in [1.82, 2.24) is 19.8 Å². The smallest absolute Gasteiger partial charge is 0.407 e. The van der Waals surface area contributed by atoms with Gasteiger partial charge in [0.2, 0.25) is 5.91 Å². The van der Waals surface area contributed by atoms with Crippen molar-refractivity contribution in [3.05, 3.63) is 89.5 Å². The number of imidazole rings is 1. The van der Waals surface area contributed by atoms with Gasteiger partial charge in [-0.15, -0.1) is 0 Å². The van der Waals surface area contributed by atoms with Crippen molar-refractivity contribution in [3.8, 4) is 11.1 Å². The monoisotopic (exact) mass is 700 g/mol. The number of piperidine rings is 1. The van der Waals surface area contributed by atoms with Gasteiger partial charge in [-0.05, 0) is 94.3 Å². The largest absolute Gasteiger partial charge is 0.462 e. The predicted octanol–water partition coefficient (Wildman–Crippen LogP) is 7.29. The van der Waals surface area contributed by atoms with Crippen molar-refractivity contribution in [1.29, 1.82) is 0 Å². The van der Waals surface area contributed by atoms with Gasteiger partial charge in [0.05, 0.1) is 23.2 Å². The van der Waals surface area contributed by atoms with Crippen LogP contribution in [-0.2, 0) is 32.0 Å². The van der Waals surface area contributed by atoms with E-state index in [0.717, 1.165) is 53.8 Å². The molecule has 11 heteroatoms. The predicted molar refractivity (Wildman–Crippen MR) is 194 cm³/mol. The molecule has 1 unspecified atom stereocenters. The number of nitrogens with one attached hydrogen (secondary N) is 1. The Bertz CT molecular complexity index is 1820. The summed E-state index contributed by atoms with van der Waals surface area (Å²) < 4.78 is 32.8. The number of aryl methyl sites for hydroxylation is 1. The summed E-state index contributed by atoms with van der Waals surface area (Å²) in [5.41, 5.74) is 3.47. The first-order chi connectivity index (χ1) is 24.5. The molecule has 5 rings (SSSR count). The summed E-state index contributed by atoms with van der Waals surface area (Å²) in [7, 11) is 1.70. The van der Waals surface area contributed by atoms with E-state index in [4.69, 9.17) is 19.2 Å². The highest BCUT2D eigenvalue weighted by Crippen LogP contribution is 2.30. The number of nitrogens with zero attached hydrogens (tertiary/aromatic N) is 3. The molecule has 10 nitrogen and oxygen atoms in total. The van der Waals surface area contributed by atoms with Gasteiger partial charge in [0, 0.05) is 51.7 Å². The minimum absolute atomic E-state index is 0.0448. The Morgan fingerprint density at radius 3 is 2.49 bits per heavy atom. The number of para-hydroxylation sites is 2. The van der Waals surface area contributed by atoms with Gasteiger partial charge in [0.15, 0.2) is 0 Å². The maximum Gasteiger partial charge on any atom is 0.407 e. The van der Waals surface area contributed by atoms with Gasteiger partial charge in [-0.1, -0.05) is 42.5 Å². The standard InChI is InChI=1S/C40H49FN4O6/c1-6-50-38(47)32-19-18-29(24-33(32)41)28-16-14-27(15-17-28)23-31(42-39(48)51-40(2,3)4)25-36(46)44-20-9-11-30(26-44)37-43-34-12-7-8-13-35(34)45(37)21-10-22-49-5/h7-8,12-19,24,30-31H,6,9-11,20-23,25-26H2,1-5H3,(H,42,48)/t30?,31-/m1/s1. The van der Waals surface area contributed by atoms with Crippen LogP contribution in [0.3, 0.4) is 0 Å². The summed E-state index contributed by atoms with van der Waals surface area (Å²) in [6.45, 7) is 9.84. The number of alkyl carbamates (subject to hydrolysis) is 1. The van der Waals surface area contributed by atoms with E-state index in [9.17, 15) is 18.8 Å². The highest BCUT2D eigenvalue weighted by Gasteiger charge is 2.31. The second kappa shape index (κ2) is 17.0. The van der Waals surface area contributed by atoms with Crippen LogP contribution in [0, 0.1) is 5.82 Å². The molecular weight excluding hydrogens is 651 g/mol. The van der Waals surface area contributed by atoms with Crippen molar-refractivity contribution >= 4 is 29.0 Å². The van der Waals surface area contributed by atoms with Gasteiger partial charge in [-0.3, -0.25) is 4.79 Å². The normalized spacial score (nSPS) is 15.4. The SMILES string of the molecule is CCOC(=O)c1ccc(-c2ccc(C[C@H](CC(=O)N3CCCC(c4nc5ccccc5n4CCCOC)C3)NC(=O)OC(C)(C)C)cc2)cc1F. The zero-order chi connectivity index (χ0) is 36.5. The summed E-state index contributed by atoms with van der Waals surface area (Å²) in [5.74, 6) is -0.328. The van der Waals surface area contributed by atoms with Crippen molar-refractivity contribution in [2.75, 3.05) is 33.4 Å². The fraction of sp³-hybridized carbons (Fsp3) is 0.450. The molecule has 1 saturated heterocycles. The van der Waals surface area contributed by atoms with Crippen molar-refractivity contribution in [3.63, 3.8) is 0 Å². The summed E-state index contributed by atoms with van der Waals surface area (Å²) in [6.07, 6.45) is 2.53. The number of methoxy groups -OCH3 is 1. The second-order valence-corrected chi connectivity index (χ2v) is 14.0. The Hall–Kier alpha value is -4.77. The molecule has 0 radical (unpaired) electrons. The van der Waals surface area contributed by atoms with E-state index in [1.807, 2.05) is 47.4 Å². The van der Waals surface area contributed by atoms with E-state index in [1.54, 1.807) is 40.9 Å². The Kier molecular flexibility index (Phi) is 12.5. The van der Waals surface area contributed by atoms with Gasteiger partial charge >= 0.3 is 12.1 Å². The van der Waals surface area contributed by atoms with Gasteiger partial charge in [-0.25, -0.2) is 19.0 Å². The molecule has 1 aliphatic heterocycles. The number of carbonyl (C=O) groups excluding carboxylic acids is 3. The van der Waals surface area contributed by atoms with Gasteiger partial charge in [0.1, 0.15) is 17.2 Å². The molecule has 1 N–H and O–H groups in total. The lowest BCUT2D eigenvalue weighted by atomic mass is 9.95. The number of fused-ring (bicyclic) bond motifs is 1. The van der Waals surface area contributed by atoms with Crippen LogP contribution >= 0.6 is 0 Å². The van der Waals surface area contributed by atoms with E-state index >= 15 is 0 Å².